The maximum Gasteiger partial charge on any atom is 0.325 e. The highest BCUT2D eigenvalue weighted by atomic mass is 31.2. The molecule has 1 fully saturated rings. The van der Waals surface area contributed by atoms with E-state index in [4.69, 9.17) is 27.1 Å². The summed E-state index contributed by atoms with van der Waals surface area (Å²) in [5.74, 6) is 0. The summed E-state index contributed by atoms with van der Waals surface area (Å²) < 4.78 is 20.8. The van der Waals surface area contributed by atoms with Gasteiger partial charge in [0.05, 0.1) is 12.7 Å². The molecule has 2 N–H and O–H groups in total. The minimum absolute atomic E-state index is 0.266. The Morgan fingerprint density at radius 3 is 2.85 bits per heavy atom. The highest BCUT2D eigenvalue weighted by molar-refractivity contribution is 7.51. The smallest absolute Gasteiger partial charge is 0.325 e. The molecule has 7 heteroatoms. The van der Waals surface area contributed by atoms with E-state index in [0.717, 1.165) is 6.66 Å². The fraction of sp³-hybridized carbons (Fsp3) is 1.00. The zero-order valence-corrected chi connectivity index (χ0v) is 8.18. The molecule has 1 rings (SSSR count). The van der Waals surface area contributed by atoms with Crippen LogP contribution < -0.4 is 0 Å². The van der Waals surface area contributed by atoms with Gasteiger partial charge in [-0.2, -0.15) is 0 Å². The van der Waals surface area contributed by atoms with Gasteiger partial charge >= 0.3 is 7.60 Å². The molecule has 0 saturated carbocycles. The molecule has 13 heavy (non-hydrogen) atoms. The van der Waals surface area contributed by atoms with Crippen LogP contribution in [0, 0.1) is 0 Å². The van der Waals surface area contributed by atoms with Gasteiger partial charge in [0.2, 0.25) is 0 Å². The van der Waals surface area contributed by atoms with Crippen molar-refractivity contribution in [3.63, 3.8) is 0 Å². The summed E-state index contributed by atoms with van der Waals surface area (Å²) in [6.07, 6.45) is -0.875. The molecule has 1 heterocycles. The Hall–Kier alpha value is 0.135. The van der Waals surface area contributed by atoms with E-state index in [0.29, 0.717) is 6.42 Å². The van der Waals surface area contributed by atoms with Crippen LogP contribution in [0.4, 0.5) is 0 Å². The second kappa shape index (κ2) is 4.11. The maximum atomic E-state index is 10.9. The molecule has 1 aliphatic heterocycles. The summed E-state index contributed by atoms with van der Waals surface area (Å²) in [4.78, 5) is 8.93. The molecule has 1 aliphatic rings. The SMILES string of the molecule is [B]C1CC(OP(C)(=O)O)C(CO)O1. The van der Waals surface area contributed by atoms with E-state index >= 15 is 0 Å². The molecule has 4 atom stereocenters. The van der Waals surface area contributed by atoms with Gasteiger partial charge in [-0.15, -0.1) is 0 Å². The Morgan fingerprint density at radius 2 is 2.38 bits per heavy atom. The van der Waals surface area contributed by atoms with Crippen LogP contribution in [-0.4, -0.2) is 49.3 Å². The fourth-order valence-corrected chi connectivity index (χ4v) is 2.00. The Morgan fingerprint density at radius 1 is 1.77 bits per heavy atom. The third kappa shape index (κ3) is 3.40. The van der Waals surface area contributed by atoms with E-state index in [1.807, 2.05) is 0 Å². The first-order valence-electron chi connectivity index (χ1n) is 3.93. The quantitative estimate of drug-likeness (QED) is 0.479. The summed E-state index contributed by atoms with van der Waals surface area (Å²) >= 11 is 0. The Balaban J connectivity index is 2.54. The van der Waals surface area contributed by atoms with Crippen LogP contribution in [0.5, 0.6) is 0 Å². The lowest BCUT2D eigenvalue weighted by Crippen LogP contribution is -2.26. The lowest BCUT2D eigenvalue weighted by atomic mass is 9.96. The highest BCUT2D eigenvalue weighted by Crippen LogP contribution is 2.41. The third-order valence-electron chi connectivity index (χ3n) is 1.74. The number of hydrogen-bond acceptors (Lipinski definition) is 4. The first-order chi connectivity index (χ1) is 5.92. The predicted octanol–water partition coefficient (Wildman–Crippen LogP) is -0.537. The van der Waals surface area contributed by atoms with E-state index in [2.05, 4.69) is 0 Å². The van der Waals surface area contributed by atoms with Gasteiger partial charge in [-0.3, -0.25) is 4.57 Å². The van der Waals surface area contributed by atoms with Gasteiger partial charge in [0.15, 0.2) is 0 Å². The van der Waals surface area contributed by atoms with Gasteiger partial charge in [0.1, 0.15) is 14.0 Å². The Labute approximate surface area is 78.0 Å². The number of ether oxygens (including phenoxy) is 1. The van der Waals surface area contributed by atoms with E-state index in [9.17, 15) is 4.57 Å². The van der Waals surface area contributed by atoms with Gasteiger partial charge in [0, 0.05) is 12.7 Å². The van der Waals surface area contributed by atoms with Crippen molar-refractivity contribution in [2.45, 2.75) is 24.6 Å². The lowest BCUT2D eigenvalue weighted by Gasteiger charge is -2.18. The number of rotatable bonds is 3. The third-order valence-corrected chi connectivity index (χ3v) is 2.40. The van der Waals surface area contributed by atoms with Crippen molar-refractivity contribution in [1.82, 2.24) is 0 Å². The second-order valence-electron chi connectivity index (χ2n) is 3.08. The van der Waals surface area contributed by atoms with Crippen LogP contribution in [0.1, 0.15) is 6.42 Å². The van der Waals surface area contributed by atoms with Crippen molar-refractivity contribution in [2.75, 3.05) is 13.3 Å². The van der Waals surface area contributed by atoms with Gasteiger partial charge < -0.3 is 19.3 Å². The number of aliphatic hydroxyl groups is 1. The molecule has 0 amide bonds. The Kier molecular flexibility index (Phi) is 3.54. The first kappa shape index (κ1) is 11.2. The zero-order chi connectivity index (χ0) is 10.1. The minimum Gasteiger partial charge on any atom is -0.394 e. The van der Waals surface area contributed by atoms with Crippen LogP contribution in [0.15, 0.2) is 0 Å². The number of aliphatic hydroxyl groups excluding tert-OH is 1. The molecule has 0 aromatic rings. The largest absolute Gasteiger partial charge is 0.394 e. The Bertz CT molecular complexity index is 217. The molecule has 0 aliphatic carbocycles. The van der Waals surface area contributed by atoms with Gasteiger partial charge in [-0.25, -0.2) is 0 Å². The highest BCUT2D eigenvalue weighted by Gasteiger charge is 2.36. The van der Waals surface area contributed by atoms with Crippen molar-refractivity contribution in [2.24, 2.45) is 0 Å². The van der Waals surface area contributed by atoms with Crippen LogP contribution in [-0.2, 0) is 13.8 Å². The van der Waals surface area contributed by atoms with Crippen LogP contribution in [0.3, 0.4) is 0 Å². The molecular weight excluding hydrogens is 194 g/mol. The van der Waals surface area contributed by atoms with Crippen molar-refractivity contribution in [1.29, 1.82) is 0 Å². The molecule has 0 bridgehead atoms. The average Bonchev–Trinajstić information content (AvgIpc) is 2.27. The van der Waals surface area contributed by atoms with Crippen molar-refractivity contribution in [3.8, 4) is 0 Å². The van der Waals surface area contributed by atoms with Crippen molar-refractivity contribution >= 4 is 15.4 Å². The minimum atomic E-state index is -3.54. The van der Waals surface area contributed by atoms with Gasteiger partial charge in [-0.05, 0) is 6.42 Å². The lowest BCUT2D eigenvalue weighted by molar-refractivity contribution is 0.00139. The second-order valence-corrected chi connectivity index (χ2v) is 4.89. The standard InChI is InChI=1S/C6H12BO5P/c1-13(9,10)12-4-2-6(7)11-5(4)3-8/h4-6,8H,2-3H2,1H3,(H,9,10). The predicted molar refractivity (Wildman–Crippen MR) is 46.7 cm³/mol. The van der Waals surface area contributed by atoms with Crippen LogP contribution in [0.25, 0.3) is 0 Å². The summed E-state index contributed by atoms with van der Waals surface area (Å²) in [7, 11) is 1.89. The van der Waals surface area contributed by atoms with E-state index < -0.39 is 25.8 Å². The molecule has 2 radical (unpaired) electrons. The number of hydrogen-bond donors (Lipinski definition) is 2. The van der Waals surface area contributed by atoms with Gasteiger partial charge in [-0.1, -0.05) is 0 Å². The normalized spacial score (nSPS) is 38.8. The van der Waals surface area contributed by atoms with E-state index in [1.54, 1.807) is 0 Å². The van der Waals surface area contributed by atoms with Crippen LogP contribution >= 0.6 is 7.60 Å². The van der Waals surface area contributed by atoms with E-state index in [1.165, 1.54) is 0 Å². The summed E-state index contributed by atoms with van der Waals surface area (Å²) in [5.41, 5.74) is 0. The molecular formula is C6H12BO5P. The molecule has 74 valence electrons. The maximum absolute atomic E-state index is 10.9. The molecule has 0 aromatic heterocycles. The van der Waals surface area contributed by atoms with Crippen molar-refractivity contribution < 1.29 is 23.8 Å². The first-order valence-corrected chi connectivity index (χ1v) is 5.95. The fourth-order valence-electron chi connectivity index (χ4n) is 1.27. The summed E-state index contributed by atoms with van der Waals surface area (Å²) in [6, 6.07) is -0.534. The summed E-state index contributed by atoms with van der Waals surface area (Å²) in [5, 5.41) is 8.82. The molecule has 0 spiro atoms. The average molecular weight is 206 g/mol. The monoisotopic (exact) mass is 206 g/mol. The van der Waals surface area contributed by atoms with E-state index in [-0.39, 0.29) is 6.61 Å². The molecule has 5 nitrogen and oxygen atoms in total. The van der Waals surface area contributed by atoms with Crippen LogP contribution in [0.2, 0.25) is 0 Å². The van der Waals surface area contributed by atoms with Gasteiger partial charge in [0.25, 0.3) is 0 Å². The zero-order valence-electron chi connectivity index (χ0n) is 7.29. The topological polar surface area (TPSA) is 76.0 Å². The van der Waals surface area contributed by atoms with Crippen molar-refractivity contribution in [3.05, 3.63) is 0 Å². The molecule has 0 aromatic carbocycles. The molecule has 1 saturated heterocycles. The molecule has 4 unspecified atom stereocenters. The summed E-state index contributed by atoms with van der Waals surface area (Å²) in [6.45, 7) is 0.823.